The molecular weight excluding hydrogens is 292 g/mol. The van der Waals surface area contributed by atoms with Crippen LogP contribution in [0.15, 0.2) is 18.3 Å². The van der Waals surface area contributed by atoms with Crippen LogP contribution in [0.25, 0.3) is 0 Å². The van der Waals surface area contributed by atoms with Crippen molar-refractivity contribution in [1.29, 1.82) is 0 Å². The van der Waals surface area contributed by atoms with Crippen molar-refractivity contribution in [2.75, 3.05) is 7.05 Å². The topological polar surface area (TPSA) is 56.0 Å². The van der Waals surface area contributed by atoms with Gasteiger partial charge in [0.15, 0.2) is 0 Å². The number of aryl methyl sites for hydroxylation is 2. The van der Waals surface area contributed by atoms with E-state index in [1.54, 1.807) is 38.8 Å². The van der Waals surface area contributed by atoms with Crippen LogP contribution in [-0.2, 0) is 18.4 Å². The van der Waals surface area contributed by atoms with Crippen LogP contribution < -0.4 is 0 Å². The number of likely N-dealkylation sites (N-methyl/N-ethyl adjacent to an activating group) is 1. The molecule has 0 radical (unpaired) electrons. The van der Waals surface area contributed by atoms with Gasteiger partial charge >= 0.3 is 0 Å². The number of halogens is 2. The zero-order valence-corrected chi connectivity index (χ0v) is 13.0. The standard InChI is InChI=1S/C14H19F2N5O/c1-9-7-12(13(15)16)18-21(9)10(2)14(22)19(3)8-11-5-6-17-20(11)4/h5-7,10,13H,8H2,1-4H3. The Bertz CT molecular complexity index is 664. The zero-order chi connectivity index (χ0) is 16.4. The van der Waals surface area contributed by atoms with Crippen LogP contribution in [0.1, 0.15) is 36.5 Å². The number of carbonyl (C=O) groups excluding carboxylic acids is 1. The Balaban J connectivity index is 2.13. The number of aromatic nitrogens is 4. The summed E-state index contributed by atoms with van der Waals surface area (Å²) in [6.45, 7) is 3.70. The lowest BCUT2D eigenvalue weighted by atomic mass is 10.2. The lowest BCUT2D eigenvalue weighted by Gasteiger charge is -2.22. The molecule has 1 unspecified atom stereocenters. The number of hydrogen-bond acceptors (Lipinski definition) is 3. The summed E-state index contributed by atoms with van der Waals surface area (Å²) >= 11 is 0. The van der Waals surface area contributed by atoms with E-state index in [1.807, 2.05) is 6.07 Å². The van der Waals surface area contributed by atoms with E-state index < -0.39 is 12.5 Å². The molecule has 6 nitrogen and oxygen atoms in total. The van der Waals surface area contributed by atoms with Crippen molar-refractivity contribution < 1.29 is 13.6 Å². The van der Waals surface area contributed by atoms with Crippen LogP contribution in [0.4, 0.5) is 8.78 Å². The van der Waals surface area contributed by atoms with Crippen LogP contribution in [0.2, 0.25) is 0 Å². The van der Waals surface area contributed by atoms with Gasteiger partial charge in [-0.15, -0.1) is 0 Å². The fourth-order valence-corrected chi connectivity index (χ4v) is 2.31. The molecule has 0 aromatic carbocycles. The third-order valence-corrected chi connectivity index (χ3v) is 3.59. The summed E-state index contributed by atoms with van der Waals surface area (Å²) in [4.78, 5) is 14.0. The number of hydrogen-bond donors (Lipinski definition) is 0. The van der Waals surface area contributed by atoms with Crippen LogP contribution in [0.3, 0.4) is 0 Å². The van der Waals surface area contributed by atoms with E-state index in [2.05, 4.69) is 10.2 Å². The van der Waals surface area contributed by atoms with Crippen LogP contribution in [-0.4, -0.2) is 37.4 Å². The molecule has 22 heavy (non-hydrogen) atoms. The zero-order valence-electron chi connectivity index (χ0n) is 13.0. The van der Waals surface area contributed by atoms with Gasteiger partial charge in [0.05, 0.1) is 12.2 Å². The predicted octanol–water partition coefficient (Wildman–Crippen LogP) is 2.08. The van der Waals surface area contributed by atoms with Crippen molar-refractivity contribution >= 4 is 5.91 Å². The van der Waals surface area contributed by atoms with Gasteiger partial charge in [-0.3, -0.25) is 14.2 Å². The maximum absolute atomic E-state index is 12.7. The molecule has 0 fully saturated rings. The van der Waals surface area contributed by atoms with E-state index in [1.165, 1.54) is 15.6 Å². The summed E-state index contributed by atoms with van der Waals surface area (Å²) in [6, 6.07) is 2.48. The van der Waals surface area contributed by atoms with Crippen molar-refractivity contribution in [3.05, 3.63) is 35.4 Å². The smallest absolute Gasteiger partial charge is 0.282 e. The highest BCUT2D eigenvalue weighted by atomic mass is 19.3. The Morgan fingerprint density at radius 1 is 1.45 bits per heavy atom. The minimum absolute atomic E-state index is 0.201. The number of amides is 1. The molecule has 0 aliphatic heterocycles. The molecule has 2 rings (SSSR count). The first kappa shape index (κ1) is 16.1. The Hall–Kier alpha value is -2.25. The average molecular weight is 311 g/mol. The molecule has 8 heteroatoms. The number of nitrogens with zero attached hydrogens (tertiary/aromatic N) is 5. The van der Waals surface area contributed by atoms with E-state index in [-0.39, 0.29) is 11.6 Å². The van der Waals surface area contributed by atoms with E-state index in [4.69, 9.17) is 0 Å². The van der Waals surface area contributed by atoms with E-state index in [0.29, 0.717) is 12.2 Å². The molecule has 0 aliphatic rings. The number of rotatable bonds is 5. The fourth-order valence-electron chi connectivity index (χ4n) is 2.31. The lowest BCUT2D eigenvalue weighted by molar-refractivity contribution is -0.133. The fraction of sp³-hybridized carbons (Fsp3) is 0.500. The van der Waals surface area contributed by atoms with Crippen molar-refractivity contribution in [1.82, 2.24) is 24.5 Å². The first-order valence-electron chi connectivity index (χ1n) is 6.87. The van der Waals surface area contributed by atoms with Crippen LogP contribution in [0.5, 0.6) is 0 Å². The summed E-state index contributed by atoms with van der Waals surface area (Å²) in [7, 11) is 3.46. The molecule has 0 saturated carbocycles. The van der Waals surface area contributed by atoms with E-state index in [9.17, 15) is 13.6 Å². The molecule has 0 N–H and O–H groups in total. The monoisotopic (exact) mass is 311 g/mol. The summed E-state index contributed by atoms with van der Waals surface area (Å²) < 4.78 is 28.4. The van der Waals surface area contributed by atoms with Gasteiger partial charge < -0.3 is 4.90 Å². The van der Waals surface area contributed by atoms with E-state index >= 15 is 0 Å². The first-order chi connectivity index (χ1) is 10.3. The minimum atomic E-state index is -2.64. The maximum Gasteiger partial charge on any atom is 0.282 e. The molecule has 2 heterocycles. The second-order valence-corrected chi connectivity index (χ2v) is 5.27. The second kappa shape index (κ2) is 6.25. The summed E-state index contributed by atoms with van der Waals surface area (Å²) in [5.74, 6) is -0.201. The number of carbonyl (C=O) groups is 1. The molecule has 0 spiro atoms. The Labute approximate surface area is 127 Å². The van der Waals surface area contributed by atoms with Gasteiger partial charge in [0.25, 0.3) is 6.43 Å². The highest BCUT2D eigenvalue weighted by molar-refractivity contribution is 5.79. The summed E-state index contributed by atoms with van der Waals surface area (Å²) in [5, 5.41) is 7.88. The molecule has 2 aromatic heterocycles. The van der Waals surface area contributed by atoms with Gasteiger partial charge in [0.2, 0.25) is 5.91 Å². The maximum atomic E-state index is 12.7. The molecule has 0 saturated heterocycles. The van der Waals surface area contributed by atoms with Gasteiger partial charge in [0.1, 0.15) is 11.7 Å². The van der Waals surface area contributed by atoms with Crippen LogP contribution in [0, 0.1) is 6.92 Å². The van der Waals surface area contributed by atoms with Crippen molar-refractivity contribution in [2.45, 2.75) is 32.9 Å². The van der Waals surface area contributed by atoms with Gasteiger partial charge in [-0.25, -0.2) is 8.78 Å². The normalized spacial score (nSPS) is 12.7. The molecule has 1 amide bonds. The molecule has 120 valence electrons. The van der Waals surface area contributed by atoms with Crippen molar-refractivity contribution in [3.63, 3.8) is 0 Å². The van der Waals surface area contributed by atoms with Gasteiger partial charge in [-0.05, 0) is 26.0 Å². The molecular formula is C14H19F2N5O. The Morgan fingerprint density at radius 2 is 2.14 bits per heavy atom. The lowest BCUT2D eigenvalue weighted by Crippen LogP contribution is -2.34. The van der Waals surface area contributed by atoms with Gasteiger partial charge in [-0.2, -0.15) is 10.2 Å². The first-order valence-corrected chi connectivity index (χ1v) is 6.87. The van der Waals surface area contributed by atoms with Crippen molar-refractivity contribution in [2.24, 2.45) is 7.05 Å². The Morgan fingerprint density at radius 3 is 2.64 bits per heavy atom. The highest BCUT2D eigenvalue weighted by Crippen LogP contribution is 2.21. The largest absolute Gasteiger partial charge is 0.338 e. The molecule has 0 aliphatic carbocycles. The molecule has 2 aromatic rings. The SMILES string of the molecule is Cc1cc(C(F)F)nn1C(C)C(=O)N(C)Cc1ccnn1C. The minimum Gasteiger partial charge on any atom is -0.338 e. The highest BCUT2D eigenvalue weighted by Gasteiger charge is 2.24. The number of alkyl halides is 2. The predicted molar refractivity (Wildman–Crippen MR) is 76.3 cm³/mol. The van der Waals surface area contributed by atoms with Gasteiger partial charge in [-0.1, -0.05) is 0 Å². The quantitative estimate of drug-likeness (QED) is 0.849. The average Bonchev–Trinajstić information content (AvgIpc) is 3.04. The molecule has 0 bridgehead atoms. The molecule has 1 atom stereocenters. The van der Waals surface area contributed by atoms with Crippen molar-refractivity contribution in [3.8, 4) is 0 Å². The van der Waals surface area contributed by atoms with E-state index in [0.717, 1.165) is 5.69 Å². The van der Waals surface area contributed by atoms with Crippen LogP contribution >= 0.6 is 0 Å². The second-order valence-electron chi connectivity index (χ2n) is 5.27. The third kappa shape index (κ3) is 3.15. The summed E-state index contributed by atoms with van der Waals surface area (Å²) in [6.07, 6.45) is -0.988. The third-order valence-electron chi connectivity index (χ3n) is 3.59. The Kier molecular flexibility index (Phi) is 4.58. The summed E-state index contributed by atoms with van der Waals surface area (Å²) in [5.41, 5.74) is 1.10. The van der Waals surface area contributed by atoms with Gasteiger partial charge in [0, 0.05) is 26.0 Å².